The van der Waals surface area contributed by atoms with Gasteiger partial charge in [0.25, 0.3) is 0 Å². The van der Waals surface area contributed by atoms with Gasteiger partial charge >= 0.3 is 5.69 Å². The predicted molar refractivity (Wildman–Crippen MR) is 46.5 cm³/mol. The van der Waals surface area contributed by atoms with Gasteiger partial charge in [-0.2, -0.15) is 0 Å². The second-order valence-corrected chi connectivity index (χ2v) is 3.25. The van der Waals surface area contributed by atoms with Gasteiger partial charge < -0.3 is 4.90 Å². The van der Waals surface area contributed by atoms with Crippen LogP contribution < -0.4 is 10.6 Å². The maximum absolute atomic E-state index is 11.2. The maximum Gasteiger partial charge on any atom is 0.349 e. The van der Waals surface area contributed by atoms with Crippen molar-refractivity contribution in [2.45, 2.75) is 12.0 Å². The number of halogens is 1. The number of hydrogen-bond acceptors (Lipinski definition) is 3. The number of hydrogen-bond donors (Lipinski definition) is 0. The quantitative estimate of drug-likeness (QED) is 0.430. The minimum absolute atomic E-state index is 0.137. The molecule has 2 rings (SSSR count). The summed E-state index contributed by atoms with van der Waals surface area (Å²) in [6, 6.07) is 1.78. The molecular weight excluding hydrogens is 178 g/mol. The number of rotatable bonds is 0. The molecule has 0 N–H and O–H groups in total. The number of nitrogens with zero attached hydrogens (tertiary/aromatic N) is 3. The topological polar surface area (TPSA) is 38.1 Å². The van der Waals surface area contributed by atoms with Gasteiger partial charge in [0.2, 0.25) is 0 Å². The van der Waals surface area contributed by atoms with E-state index in [4.69, 9.17) is 11.6 Å². The number of fused-ring (bicyclic) bond motifs is 1. The van der Waals surface area contributed by atoms with Crippen LogP contribution in [0.25, 0.3) is 0 Å². The summed E-state index contributed by atoms with van der Waals surface area (Å²) in [5.74, 6) is 0.829. The Bertz CT molecular complexity index is 362. The van der Waals surface area contributed by atoms with Crippen LogP contribution in [0.2, 0.25) is 0 Å². The van der Waals surface area contributed by atoms with Crippen molar-refractivity contribution in [3.63, 3.8) is 0 Å². The second-order valence-electron chi connectivity index (χ2n) is 2.74. The molecule has 64 valence electrons. The van der Waals surface area contributed by atoms with E-state index in [1.54, 1.807) is 10.6 Å². The van der Waals surface area contributed by atoms with Crippen molar-refractivity contribution >= 4 is 17.4 Å². The average molecular weight is 186 g/mol. The molecule has 0 fully saturated rings. The molecule has 1 aromatic heterocycles. The standard InChI is InChI=1S/C7H8ClN3O/c1-10-5(8)4-11-6(10)2-3-9-7(11)12/h2-3,5H,4H2,1H3. The fourth-order valence-corrected chi connectivity index (χ4v) is 1.56. The number of alkyl halides is 1. The van der Waals surface area contributed by atoms with Gasteiger partial charge in [-0.15, -0.1) is 0 Å². The summed E-state index contributed by atoms with van der Waals surface area (Å²) < 4.78 is 1.57. The largest absolute Gasteiger partial charge is 0.349 e. The molecule has 5 heteroatoms. The number of aromatic nitrogens is 2. The lowest BCUT2D eigenvalue weighted by Gasteiger charge is -2.13. The summed E-state index contributed by atoms with van der Waals surface area (Å²) in [5.41, 5.74) is -0.371. The fraction of sp³-hybridized carbons (Fsp3) is 0.429. The first kappa shape index (κ1) is 7.61. The molecule has 1 aliphatic rings. The number of likely N-dealkylation sites (N-methyl/N-ethyl adjacent to an activating group) is 1. The van der Waals surface area contributed by atoms with Gasteiger partial charge in [0.05, 0.1) is 6.54 Å². The molecule has 0 aromatic carbocycles. The second kappa shape index (κ2) is 2.48. The zero-order chi connectivity index (χ0) is 8.72. The summed E-state index contributed by atoms with van der Waals surface area (Å²) in [6.45, 7) is 0.514. The molecule has 0 saturated carbocycles. The van der Waals surface area contributed by atoms with E-state index in [9.17, 15) is 4.79 Å². The highest BCUT2D eigenvalue weighted by atomic mass is 35.5. The highest BCUT2D eigenvalue weighted by Gasteiger charge is 2.24. The lowest BCUT2D eigenvalue weighted by molar-refractivity contribution is 0.708. The van der Waals surface area contributed by atoms with Gasteiger partial charge in [-0.1, -0.05) is 11.6 Å². The SMILES string of the molecule is CN1c2ccnc(=O)n2CC1Cl. The third kappa shape index (κ3) is 0.914. The first-order valence-electron chi connectivity index (χ1n) is 3.63. The zero-order valence-electron chi connectivity index (χ0n) is 6.57. The monoisotopic (exact) mass is 185 g/mol. The van der Waals surface area contributed by atoms with Gasteiger partial charge in [0.15, 0.2) is 0 Å². The molecule has 1 unspecified atom stereocenters. The first-order valence-corrected chi connectivity index (χ1v) is 4.06. The van der Waals surface area contributed by atoms with Crippen LogP contribution in [-0.2, 0) is 6.54 Å². The molecule has 0 bridgehead atoms. The molecule has 1 atom stereocenters. The van der Waals surface area contributed by atoms with Crippen LogP contribution in [0.15, 0.2) is 17.1 Å². The Hall–Kier alpha value is -1.03. The lowest BCUT2D eigenvalue weighted by atomic mass is 10.5. The Kier molecular flexibility index (Phi) is 1.58. The highest BCUT2D eigenvalue weighted by molar-refractivity contribution is 6.22. The fourth-order valence-electron chi connectivity index (χ4n) is 1.32. The molecule has 12 heavy (non-hydrogen) atoms. The van der Waals surface area contributed by atoms with Crippen molar-refractivity contribution in [3.8, 4) is 0 Å². The normalized spacial score (nSPS) is 21.2. The predicted octanol–water partition coefficient (Wildman–Crippen LogP) is 0.258. The Morgan fingerprint density at radius 1 is 1.75 bits per heavy atom. The van der Waals surface area contributed by atoms with Crippen LogP contribution in [0.1, 0.15) is 0 Å². The molecular formula is C7H8ClN3O. The molecule has 0 aliphatic carbocycles. The van der Waals surface area contributed by atoms with Gasteiger partial charge in [0.1, 0.15) is 11.3 Å². The van der Waals surface area contributed by atoms with Gasteiger partial charge in [0, 0.05) is 13.2 Å². The highest BCUT2D eigenvalue weighted by Crippen LogP contribution is 2.22. The molecule has 0 spiro atoms. The van der Waals surface area contributed by atoms with Crippen molar-refractivity contribution in [2.24, 2.45) is 0 Å². The Morgan fingerprint density at radius 2 is 2.50 bits per heavy atom. The van der Waals surface area contributed by atoms with E-state index in [-0.39, 0.29) is 11.2 Å². The van der Waals surface area contributed by atoms with E-state index >= 15 is 0 Å². The molecule has 1 aliphatic heterocycles. The molecule has 4 nitrogen and oxygen atoms in total. The molecule has 0 saturated heterocycles. The van der Waals surface area contributed by atoms with Crippen LogP contribution in [-0.4, -0.2) is 22.1 Å². The van der Waals surface area contributed by atoms with Crippen LogP contribution in [0.5, 0.6) is 0 Å². The molecule has 1 aromatic rings. The van der Waals surface area contributed by atoms with Crippen molar-refractivity contribution in [2.75, 3.05) is 11.9 Å². The van der Waals surface area contributed by atoms with E-state index in [1.165, 1.54) is 6.20 Å². The lowest BCUT2D eigenvalue weighted by Crippen LogP contribution is -2.21. The zero-order valence-corrected chi connectivity index (χ0v) is 7.32. The van der Waals surface area contributed by atoms with Gasteiger partial charge in [-0.3, -0.25) is 4.57 Å². The molecule has 0 radical (unpaired) electrons. The van der Waals surface area contributed by atoms with Crippen LogP contribution in [0, 0.1) is 0 Å². The Balaban J connectivity index is 2.61. The van der Waals surface area contributed by atoms with Crippen molar-refractivity contribution in [1.82, 2.24) is 9.55 Å². The Morgan fingerprint density at radius 3 is 3.17 bits per heavy atom. The van der Waals surface area contributed by atoms with Gasteiger partial charge in [-0.05, 0) is 6.07 Å². The average Bonchev–Trinajstić information content (AvgIpc) is 2.32. The number of anilines is 1. The molecule has 2 heterocycles. The van der Waals surface area contributed by atoms with Crippen molar-refractivity contribution in [1.29, 1.82) is 0 Å². The maximum atomic E-state index is 11.2. The first-order chi connectivity index (χ1) is 5.70. The summed E-state index contributed by atoms with van der Waals surface area (Å²) in [6.07, 6.45) is 1.50. The van der Waals surface area contributed by atoms with E-state index in [2.05, 4.69) is 4.98 Å². The van der Waals surface area contributed by atoms with Gasteiger partial charge in [-0.25, -0.2) is 9.78 Å². The summed E-state index contributed by atoms with van der Waals surface area (Å²) in [7, 11) is 1.86. The van der Waals surface area contributed by atoms with Crippen LogP contribution in [0.3, 0.4) is 0 Å². The molecule has 0 amide bonds. The van der Waals surface area contributed by atoms with E-state index in [0.717, 1.165) is 5.82 Å². The Labute approximate surface area is 74.4 Å². The summed E-state index contributed by atoms with van der Waals surface area (Å²) in [5, 5.41) is 0. The third-order valence-electron chi connectivity index (χ3n) is 2.03. The smallest absolute Gasteiger partial charge is 0.343 e. The minimum atomic E-state index is -0.234. The third-order valence-corrected chi connectivity index (χ3v) is 2.46. The van der Waals surface area contributed by atoms with E-state index in [0.29, 0.717) is 6.54 Å². The van der Waals surface area contributed by atoms with E-state index < -0.39 is 0 Å². The van der Waals surface area contributed by atoms with Crippen LogP contribution >= 0.6 is 11.6 Å². The summed E-state index contributed by atoms with van der Waals surface area (Å²) >= 11 is 5.94. The van der Waals surface area contributed by atoms with Crippen molar-refractivity contribution < 1.29 is 0 Å². The van der Waals surface area contributed by atoms with Crippen LogP contribution in [0.4, 0.5) is 5.82 Å². The minimum Gasteiger partial charge on any atom is -0.343 e. The van der Waals surface area contributed by atoms with Crippen molar-refractivity contribution in [3.05, 3.63) is 22.7 Å². The van der Waals surface area contributed by atoms with E-state index in [1.807, 2.05) is 11.9 Å². The summed E-state index contributed by atoms with van der Waals surface area (Å²) in [4.78, 5) is 16.7.